The third-order valence-electron chi connectivity index (χ3n) is 8.59. The zero-order valence-corrected chi connectivity index (χ0v) is 20.9. The summed E-state index contributed by atoms with van der Waals surface area (Å²) in [6, 6.07) is 22.4. The molecule has 0 spiro atoms. The number of hydrogen-bond acceptors (Lipinski definition) is 5. The van der Waals surface area contributed by atoms with Gasteiger partial charge in [-0.05, 0) is 59.2 Å². The van der Waals surface area contributed by atoms with Gasteiger partial charge in [0.15, 0.2) is 11.5 Å². The van der Waals surface area contributed by atoms with Gasteiger partial charge in [-0.3, -0.25) is 0 Å². The molecule has 2 unspecified atom stereocenters. The van der Waals surface area contributed by atoms with Crippen LogP contribution in [0.2, 0.25) is 0 Å². The van der Waals surface area contributed by atoms with Gasteiger partial charge in [0.25, 0.3) is 0 Å². The molecule has 1 aliphatic carbocycles. The van der Waals surface area contributed by atoms with Gasteiger partial charge >= 0.3 is 6.09 Å². The maximum atomic E-state index is 13.5. The Balaban J connectivity index is 1.11. The Morgan fingerprint density at radius 1 is 1.03 bits per heavy atom. The number of benzene rings is 3. The van der Waals surface area contributed by atoms with Crippen molar-refractivity contribution in [1.29, 1.82) is 0 Å². The van der Waals surface area contributed by atoms with Crippen LogP contribution >= 0.6 is 0 Å². The van der Waals surface area contributed by atoms with Crippen LogP contribution in [0.25, 0.3) is 22.2 Å². The summed E-state index contributed by atoms with van der Waals surface area (Å²) >= 11 is 0. The summed E-state index contributed by atoms with van der Waals surface area (Å²) in [4.78, 5) is 19.9. The largest absolute Gasteiger partial charge is 0.448 e. The second-order valence-electron chi connectivity index (χ2n) is 10.8. The molecule has 3 aliphatic rings. The van der Waals surface area contributed by atoms with E-state index in [9.17, 15) is 9.90 Å². The van der Waals surface area contributed by atoms with E-state index in [1.807, 2.05) is 42.2 Å². The van der Waals surface area contributed by atoms with Gasteiger partial charge in [0, 0.05) is 37.8 Å². The van der Waals surface area contributed by atoms with Crippen molar-refractivity contribution in [2.45, 2.75) is 62.6 Å². The number of nitrogens with zero attached hydrogens (tertiary/aromatic N) is 2. The highest BCUT2D eigenvalue weighted by Gasteiger charge is 2.49. The Bertz CT molecular complexity index is 1450. The van der Waals surface area contributed by atoms with Crippen molar-refractivity contribution in [1.82, 2.24) is 9.88 Å². The molecule has 2 aliphatic heterocycles. The number of oxazole rings is 1. The summed E-state index contributed by atoms with van der Waals surface area (Å²) in [7, 11) is 0. The molecule has 3 aromatic carbocycles. The lowest BCUT2D eigenvalue weighted by atomic mass is 9.72. The monoisotopic (exact) mass is 494 g/mol. The molecule has 2 fully saturated rings. The van der Waals surface area contributed by atoms with Gasteiger partial charge in [-0.25, -0.2) is 9.78 Å². The summed E-state index contributed by atoms with van der Waals surface area (Å²) in [6.07, 6.45) is 3.52. The Morgan fingerprint density at radius 2 is 1.68 bits per heavy atom. The molecule has 2 bridgehead atoms. The fourth-order valence-corrected chi connectivity index (χ4v) is 6.96. The van der Waals surface area contributed by atoms with Crippen molar-refractivity contribution >= 4 is 17.2 Å². The Hall–Kier alpha value is -3.64. The number of piperidine rings is 2. The average Bonchev–Trinajstić information content (AvgIpc) is 3.43. The standard InChI is InChI=1S/C31H30N2O4/c1-19-32-28-15-20(13-14-29(28)37-19)31(35)16-21-7-6-8-22(17-31)33(21)30(34)36-18-27-25-11-4-2-9-23(25)24-10-3-5-12-26(24)27/h2-5,9-15,21-22,27,35H,6-8,16-18H2,1H3. The van der Waals surface area contributed by atoms with Crippen molar-refractivity contribution in [2.75, 3.05) is 6.61 Å². The number of amides is 1. The molecule has 37 heavy (non-hydrogen) atoms. The molecular weight excluding hydrogens is 464 g/mol. The first-order valence-corrected chi connectivity index (χ1v) is 13.2. The second kappa shape index (κ2) is 8.45. The van der Waals surface area contributed by atoms with E-state index in [1.165, 1.54) is 22.3 Å². The summed E-state index contributed by atoms with van der Waals surface area (Å²) in [5.41, 5.74) is 6.19. The van der Waals surface area contributed by atoms with Gasteiger partial charge < -0.3 is 19.2 Å². The number of aliphatic hydroxyl groups is 1. The van der Waals surface area contributed by atoms with E-state index in [2.05, 4.69) is 41.4 Å². The summed E-state index contributed by atoms with van der Waals surface area (Å²) in [5, 5.41) is 11.8. The van der Waals surface area contributed by atoms with E-state index in [0.717, 1.165) is 35.9 Å². The van der Waals surface area contributed by atoms with E-state index in [-0.39, 0.29) is 24.1 Å². The third kappa shape index (κ3) is 3.65. The number of aryl methyl sites for hydroxylation is 1. The Kier molecular flexibility index (Phi) is 5.15. The van der Waals surface area contributed by atoms with Crippen LogP contribution in [0.15, 0.2) is 71.1 Å². The van der Waals surface area contributed by atoms with Crippen LogP contribution in [0.5, 0.6) is 0 Å². The maximum absolute atomic E-state index is 13.5. The van der Waals surface area contributed by atoms with Crippen LogP contribution in [0.4, 0.5) is 4.79 Å². The number of fused-ring (bicyclic) bond motifs is 6. The first-order chi connectivity index (χ1) is 18.0. The molecule has 6 heteroatoms. The van der Waals surface area contributed by atoms with E-state index in [1.54, 1.807) is 0 Å². The molecular formula is C31H30N2O4. The Morgan fingerprint density at radius 3 is 2.35 bits per heavy atom. The molecule has 0 radical (unpaired) electrons. The second-order valence-corrected chi connectivity index (χ2v) is 10.8. The Labute approximate surface area is 215 Å². The molecule has 0 saturated carbocycles. The van der Waals surface area contributed by atoms with Crippen LogP contribution in [0.3, 0.4) is 0 Å². The highest BCUT2D eigenvalue weighted by molar-refractivity contribution is 5.79. The SMILES string of the molecule is Cc1nc2cc(C3(O)CC4CCCC(C3)N4C(=O)OCC3c4ccccc4-c4ccccc43)ccc2o1. The van der Waals surface area contributed by atoms with Crippen molar-refractivity contribution in [2.24, 2.45) is 0 Å². The van der Waals surface area contributed by atoms with E-state index in [4.69, 9.17) is 9.15 Å². The number of ether oxygens (including phenoxy) is 1. The molecule has 1 amide bonds. The zero-order valence-electron chi connectivity index (χ0n) is 20.9. The summed E-state index contributed by atoms with van der Waals surface area (Å²) < 4.78 is 11.6. The van der Waals surface area contributed by atoms with Crippen LogP contribution < -0.4 is 0 Å². The first kappa shape index (κ1) is 22.5. The van der Waals surface area contributed by atoms with E-state index >= 15 is 0 Å². The van der Waals surface area contributed by atoms with Crippen LogP contribution in [0, 0.1) is 6.92 Å². The molecule has 188 valence electrons. The number of rotatable bonds is 3. The predicted molar refractivity (Wildman–Crippen MR) is 140 cm³/mol. The van der Waals surface area contributed by atoms with Gasteiger partial charge in [0.2, 0.25) is 0 Å². The van der Waals surface area contributed by atoms with Gasteiger partial charge in [-0.15, -0.1) is 0 Å². The lowest BCUT2D eigenvalue weighted by Gasteiger charge is -2.51. The average molecular weight is 495 g/mol. The molecule has 1 N–H and O–H groups in total. The van der Waals surface area contributed by atoms with Crippen LogP contribution in [0.1, 0.15) is 60.6 Å². The third-order valence-corrected chi connectivity index (χ3v) is 8.59. The zero-order chi connectivity index (χ0) is 25.1. The highest BCUT2D eigenvalue weighted by atomic mass is 16.6. The topological polar surface area (TPSA) is 75.8 Å². The number of carbonyl (C=O) groups is 1. The summed E-state index contributed by atoms with van der Waals surface area (Å²) in [6.45, 7) is 2.14. The first-order valence-electron chi connectivity index (χ1n) is 13.2. The van der Waals surface area contributed by atoms with Crippen LogP contribution in [-0.2, 0) is 10.3 Å². The lowest BCUT2D eigenvalue weighted by Crippen LogP contribution is -2.59. The number of aromatic nitrogens is 1. The van der Waals surface area contributed by atoms with Crippen LogP contribution in [-0.4, -0.2) is 39.8 Å². The fraction of sp³-hybridized carbons (Fsp3) is 0.355. The van der Waals surface area contributed by atoms with Gasteiger partial charge in [0.05, 0.1) is 5.60 Å². The fourth-order valence-electron chi connectivity index (χ4n) is 6.96. The lowest BCUT2D eigenvalue weighted by molar-refractivity contribution is -0.0890. The van der Waals surface area contributed by atoms with Gasteiger partial charge in [-0.2, -0.15) is 0 Å². The molecule has 3 heterocycles. The van der Waals surface area contributed by atoms with E-state index < -0.39 is 5.60 Å². The molecule has 2 saturated heterocycles. The minimum atomic E-state index is -1.00. The van der Waals surface area contributed by atoms with Crippen molar-refractivity contribution < 1.29 is 19.1 Å². The normalized spacial score (nSPS) is 24.6. The number of hydrogen-bond donors (Lipinski definition) is 1. The highest BCUT2D eigenvalue weighted by Crippen LogP contribution is 2.47. The molecule has 6 nitrogen and oxygen atoms in total. The van der Waals surface area contributed by atoms with Gasteiger partial charge in [0.1, 0.15) is 12.1 Å². The minimum absolute atomic E-state index is 0.0376. The maximum Gasteiger partial charge on any atom is 0.410 e. The number of carbonyl (C=O) groups excluding carboxylic acids is 1. The van der Waals surface area contributed by atoms with Crippen molar-refractivity contribution in [3.05, 3.63) is 89.3 Å². The molecule has 7 rings (SSSR count). The van der Waals surface area contributed by atoms with Gasteiger partial charge in [-0.1, -0.05) is 54.6 Å². The van der Waals surface area contributed by atoms with Crippen molar-refractivity contribution in [3.8, 4) is 11.1 Å². The summed E-state index contributed by atoms with van der Waals surface area (Å²) in [5.74, 6) is 0.650. The van der Waals surface area contributed by atoms with Crippen molar-refractivity contribution in [3.63, 3.8) is 0 Å². The molecule has 2 atom stereocenters. The predicted octanol–water partition coefficient (Wildman–Crippen LogP) is 6.29. The quantitative estimate of drug-likeness (QED) is 0.362. The molecule has 4 aromatic rings. The van der Waals surface area contributed by atoms with E-state index in [0.29, 0.717) is 25.3 Å². The smallest absolute Gasteiger partial charge is 0.410 e. The molecule has 1 aromatic heterocycles. The minimum Gasteiger partial charge on any atom is -0.448 e.